The molecule has 3 N–H and O–H groups in total. The Labute approximate surface area is 100 Å². The van der Waals surface area contributed by atoms with Gasteiger partial charge < -0.3 is 10.7 Å². The number of fused-ring (bicyclic) bond motifs is 1. The smallest absolute Gasteiger partial charge is 0.0692 e. The van der Waals surface area contributed by atoms with Crippen LogP contribution in [0.2, 0.25) is 5.02 Å². The van der Waals surface area contributed by atoms with E-state index in [-0.39, 0.29) is 18.4 Å². The lowest BCUT2D eigenvalue weighted by molar-refractivity contribution is 0.727. The summed E-state index contributed by atoms with van der Waals surface area (Å²) in [6.45, 7) is 1.97. The molecule has 0 saturated carbocycles. The van der Waals surface area contributed by atoms with Gasteiger partial charge in [0.15, 0.2) is 0 Å². The minimum Gasteiger partial charge on any atom is -0.357 e. The molecule has 82 valence electrons. The van der Waals surface area contributed by atoms with Crippen molar-refractivity contribution in [2.45, 2.75) is 19.4 Å². The Balaban J connectivity index is 0.00000112. The van der Waals surface area contributed by atoms with Crippen LogP contribution in [0.5, 0.6) is 0 Å². The van der Waals surface area contributed by atoms with E-state index in [1.165, 1.54) is 0 Å². The highest BCUT2D eigenvalue weighted by atomic mass is 35.5. The lowest BCUT2D eigenvalue weighted by Gasteiger charge is -2.02. The molecule has 2 rings (SSSR count). The molecule has 4 heteroatoms. The van der Waals surface area contributed by atoms with Crippen LogP contribution in [0, 0.1) is 0 Å². The van der Waals surface area contributed by atoms with E-state index in [1.807, 2.05) is 31.2 Å². The van der Waals surface area contributed by atoms with Crippen LogP contribution in [0.3, 0.4) is 0 Å². The van der Waals surface area contributed by atoms with Crippen molar-refractivity contribution in [1.29, 1.82) is 0 Å². The summed E-state index contributed by atoms with van der Waals surface area (Å²) in [6.07, 6.45) is 0.785. The minimum absolute atomic E-state index is 0. The molecule has 1 aromatic carbocycles. The zero-order valence-corrected chi connectivity index (χ0v) is 10.0. The zero-order valence-electron chi connectivity index (χ0n) is 8.46. The molecule has 1 unspecified atom stereocenters. The van der Waals surface area contributed by atoms with Gasteiger partial charge in [-0.1, -0.05) is 29.8 Å². The molecular weight excluding hydrogens is 231 g/mol. The Morgan fingerprint density at radius 2 is 2.07 bits per heavy atom. The molecule has 0 aliphatic carbocycles. The molecule has 0 aliphatic heterocycles. The topological polar surface area (TPSA) is 41.8 Å². The second-order valence-corrected chi connectivity index (χ2v) is 4.02. The normalized spacial score (nSPS) is 12.5. The maximum Gasteiger partial charge on any atom is 0.0692 e. The predicted molar refractivity (Wildman–Crippen MR) is 67.9 cm³/mol. The van der Waals surface area contributed by atoms with Gasteiger partial charge in [-0.25, -0.2) is 0 Å². The maximum atomic E-state index is 6.21. The van der Waals surface area contributed by atoms with Crippen molar-refractivity contribution in [3.05, 3.63) is 35.0 Å². The Kier molecular flexibility index (Phi) is 4.03. The molecule has 0 radical (unpaired) electrons. The number of benzene rings is 1. The summed E-state index contributed by atoms with van der Waals surface area (Å²) in [5.74, 6) is 0. The minimum atomic E-state index is 0. The maximum absolute atomic E-state index is 6.21. The molecule has 0 saturated heterocycles. The van der Waals surface area contributed by atoms with Gasteiger partial charge in [0.1, 0.15) is 0 Å². The van der Waals surface area contributed by atoms with Gasteiger partial charge in [-0.3, -0.25) is 0 Å². The van der Waals surface area contributed by atoms with Gasteiger partial charge in [-0.15, -0.1) is 12.4 Å². The van der Waals surface area contributed by atoms with E-state index in [0.717, 1.165) is 28.0 Å². The van der Waals surface area contributed by atoms with Gasteiger partial charge in [0.25, 0.3) is 0 Å². The van der Waals surface area contributed by atoms with E-state index in [4.69, 9.17) is 17.3 Å². The van der Waals surface area contributed by atoms with Crippen LogP contribution in [0.15, 0.2) is 24.3 Å². The molecule has 0 amide bonds. The van der Waals surface area contributed by atoms with Crippen molar-refractivity contribution in [2.24, 2.45) is 5.73 Å². The van der Waals surface area contributed by atoms with E-state index < -0.39 is 0 Å². The number of para-hydroxylation sites is 1. The van der Waals surface area contributed by atoms with Crippen LogP contribution < -0.4 is 5.73 Å². The van der Waals surface area contributed by atoms with E-state index in [1.54, 1.807) is 0 Å². The summed E-state index contributed by atoms with van der Waals surface area (Å²) in [7, 11) is 0. The molecule has 0 bridgehead atoms. The zero-order chi connectivity index (χ0) is 10.1. The van der Waals surface area contributed by atoms with Gasteiger partial charge in [0.2, 0.25) is 0 Å². The molecule has 2 nitrogen and oxygen atoms in total. The highest BCUT2D eigenvalue weighted by molar-refractivity contribution is 6.36. The Morgan fingerprint density at radius 3 is 2.67 bits per heavy atom. The van der Waals surface area contributed by atoms with Gasteiger partial charge >= 0.3 is 0 Å². The van der Waals surface area contributed by atoms with Crippen molar-refractivity contribution in [3.8, 4) is 0 Å². The van der Waals surface area contributed by atoms with Crippen molar-refractivity contribution in [3.63, 3.8) is 0 Å². The molecule has 1 atom stereocenters. The van der Waals surface area contributed by atoms with E-state index in [0.29, 0.717) is 0 Å². The third kappa shape index (κ3) is 2.46. The van der Waals surface area contributed by atoms with E-state index in [9.17, 15) is 0 Å². The van der Waals surface area contributed by atoms with Crippen molar-refractivity contribution in [1.82, 2.24) is 4.98 Å². The molecular formula is C11H14Cl2N2. The first-order valence-corrected chi connectivity index (χ1v) is 5.07. The van der Waals surface area contributed by atoms with E-state index in [2.05, 4.69) is 4.98 Å². The average molecular weight is 245 g/mol. The summed E-state index contributed by atoms with van der Waals surface area (Å²) in [4.78, 5) is 3.28. The SMILES string of the molecule is CC(N)Cc1[nH]c2ccccc2c1Cl.Cl. The monoisotopic (exact) mass is 244 g/mol. The van der Waals surface area contributed by atoms with Gasteiger partial charge in [-0.05, 0) is 13.0 Å². The first-order chi connectivity index (χ1) is 6.68. The molecule has 0 spiro atoms. The number of nitrogens with two attached hydrogens (primary N) is 1. The average Bonchev–Trinajstić information content (AvgIpc) is 2.44. The molecule has 0 aliphatic rings. The summed E-state index contributed by atoms with van der Waals surface area (Å²) >= 11 is 6.21. The Morgan fingerprint density at radius 1 is 1.40 bits per heavy atom. The summed E-state index contributed by atoms with van der Waals surface area (Å²) in [6, 6.07) is 8.13. The number of halogens is 2. The molecule has 1 aromatic heterocycles. The fourth-order valence-electron chi connectivity index (χ4n) is 1.63. The fraction of sp³-hybridized carbons (Fsp3) is 0.273. The lowest BCUT2D eigenvalue weighted by atomic mass is 10.2. The van der Waals surface area contributed by atoms with Crippen LogP contribution in [0.1, 0.15) is 12.6 Å². The molecule has 1 heterocycles. The molecule has 0 fully saturated rings. The second-order valence-electron chi connectivity index (χ2n) is 3.64. The van der Waals surface area contributed by atoms with Crippen LogP contribution in [-0.4, -0.2) is 11.0 Å². The third-order valence-corrected chi connectivity index (χ3v) is 2.67. The Bertz CT molecular complexity index is 449. The molecule has 15 heavy (non-hydrogen) atoms. The number of aromatic amines is 1. The third-order valence-electron chi connectivity index (χ3n) is 2.24. The Hall–Kier alpha value is -0.700. The standard InChI is InChI=1S/C11H13ClN2.ClH/c1-7(13)6-10-11(12)8-4-2-3-5-9(8)14-10;/h2-5,7,14H,6,13H2,1H3;1H. The summed E-state index contributed by atoms with van der Waals surface area (Å²) in [5, 5.41) is 1.88. The first-order valence-electron chi connectivity index (χ1n) is 4.69. The van der Waals surface area contributed by atoms with Crippen LogP contribution >= 0.6 is 24.0 Å². The molecule has 2 aromatic rings. The van der Waals surface area contributed by atoms with Crippen LogP contribution in [0.25, 0.3) is 10.9 Å². The number of H-pyrrole nitrogens is 1. The van der Waals surface area contributed by atoms with Gasteiger partial charge in [0.05, 0.1) is 5.02 Å². The number of aromatic nitrogens is 1. The van der Waals surface area contributed by atoms with Crippen molar-refractivity contribution in [2.75, 3.05) is 0 Å². The van der Waals surface area contributed by atoms with Gasteiger partial charge in [0, 0.05) is 29.1 Å². The fourth-order valence-corrected chi connectivity index (χ4v) is 1.92. The highest BCUT2D eigenvalue weighted by Crippen LogP contribution is 2.27. The summed E-state index contributed by atoms with van der Waals surface area (Å²) < 4.78 is 0. The quantitative estimate of drug-likeness (QED) is 0.838. The number of hydrogen-bond donors (Lipinski definition) is 2. The number of hydrogen-bond acceptors (Lipinski definition) is 1. The predicted octanol–water partition coefficient (Wildman–Crippen LogP) is 3.13. The largest absolute Gasteiger partial charge is 0.357 e. The van der Waals surface area contributed by atoms with Crippen molar-refractivity contribution < 1.29 is 0 Å². The van der Waals surface area contributed by atoms with E-state index >= 15 is 0 Å². The van der Waals surface area contributed by atoms with Crippen LogP contribution in [-0.2, 0) is 6.42 Å². The lowest BCUT2D eigenvalue weighted by Crippen LogP contribution is -2.18. The number of nitrogens with one attached hydrogen (secondary N) is 1. The van der Waals surface area contributed by atoms with Gasteiger partial charge in [-0.2, -0.15) is 0 Å². The highest BCUT2D eigenvalue weighted by Gasteiger charge is 2.09. The number of rotatable bonds is 2. The second kappa shape index (κ2) is 4.88. The first kappa shape index (κ1) is 12.4. The van der Waals surface area contributed by atoms with Crippen molar-refractivity contribution >= 4 is 34.9 Å². The van der Waals surface area contributed by atoms with Crippen LogP contribution in [0.4, 0.5) is 0 Å². The summed E-state index contributed by atoms with van der Waals surface area (Å²) in [5.41, 5.74) is 7.84.